The number of anilines is 1. The summed E-state index contributed by atoms with van der Waals surface area (Å²) in [5.41, 5.74) is 4.56. The highest BCUT2D eigenvalue weighted by Crippen LogP contribution is 2.66. The van der Waals surface area contributed by atoms with Crippen molar-refractivity contribution in [3.8, 4) is 0 Å². The Hall–Kier alpha value is -1.31. The lowest BCUT2D eigenvalue weighted by Crippen LogP contribution is -2.49. The molecule has 4 aliphatic rings. The molecule has 42 heavy (non-hydrogen) atoms. The van der Waals surface area contributed by atoms with Crippen molar-refractivity contribution in [2.24, 2.45) is 46.3 Å². The molecule has 0 bridgehead atoms. The fourth-order valence-electron chi connectivity index (χ4n) is 9.07. The minimum Gasteiger partial charge on any atom is -0.344 e. The number of allylic oxidation sites excluding steroid dienone is 1. The molecule has 0 aromatic carbocycles. The van der Waals surface area contributed by atoms with Crippen LogP contribution in [0.15, 0.2) is 24.4 Å². The Bertz CT molecular complexity index is 874. The number of rotatable bonds is 4. The van der Waals surface area contributed by atoms with Crippen molar-refractivity contribution in [1.82, 2.24) is 4.98 Å². The first kappa shape index (κ1) is 40.7. The van der Waals surface area contributed by atoms with Crippen molar-refractivity contribution in [2.75, 3.05) is 5.32 Å². The molecule has 0 amide bonds. The van der Waals surface area contributed by atoms with E-state index in [1.54, 1.807) is 0 Å². The number of aromatic nitrogens is 1. The van der Waals surface area contributed by atoms with Gasteiger partial charge in [-0.15, -0.1) is 0 Å². The van der Waals surface area contributed by atoms with E-state index in [1.165, 1.54) is 75.5 Å². The number of aryl methyl sites for hydroxylation is 2. The normalized spacial score (nSPS) is 33.6. The van der Waals surface area contributed by atoms with Gasteiger partial charge in [-0.2, -0.15) is 0 Å². The summed E-state index contributed by atoms with van der Waals surface area (Å²) in [6.07, 6.45) is 14.4. The van der Waals surface area contributed by atoms with Crippen LogP contribution in [-0.2, 0) is 0 Å². The first-order chi connectivity index (χ1) is 20.2. The number of hydrogen-bond donors (Lipinski definition) is 1. The van der Waals surface area contributed by atoms with E-state index < -0.39 is 0 Å². The number of fused-ring (bicyclic) bond motifs is 5. The molecule has 0 radical (unpaired) electrons. The van der Waals surface area contributed by atoms with Gasteiger partial charge in [0.1, 0.15) is 5.82 Å². The summed E-state index contributed by atoms with van der Waals surface area (Å²) < 4.78 is 0. The van der Waals surface area contributed by atoms with Gasteiger partial charge in [0.2, 0.25) is 0 Å². The zero-order valence-electron chi connectivity index (χ0n) is 31.3. The average Bonchev–Trinajstić information content (AvgIpc) is 3.41. The lowest BCUT2D eigenvalue weighted by molar-refractivity contribution is -0.0751. The maximum atomic E-state index is 4.77. The topological polar surface area (TPSA) is 24.9 Å². The number of pyridine rings is 1. The highest BCUT2D eigenvalue weighted by Gasteiger charge is 2.57. The molecule has 1 aromatic heterocycles. The maximum Gasteiger partial charge on any atom is 0.133 e. The molecule has 1 aromatic rings. The van der Waals surface area contributed by atoms with Gasteiger partial charge in [0, 0.05) is 17.3 Å². The van der Waals surface area contributed by atoms with E-state index in [-0.39, 0.29) is 0 Å². The second kappa shape index (κ2) is 19.9. The maximum absolute atomic E-state index is 4.77. The Morgan fingerprint density at radius 3 is 1.98 bits per heavy atom. The zero-order valence-corrected chi connectivity index (χ0v) is 31.3. The van der Waals surface area contributed by atoms with Crippen molar-refractivity contribution >= 4 is 5.82 Å². The van der Waals surface area contributed by atoms with Crippen molar-refractivity contribution in [3.63, 3.8) is 0 Å². The molecule has 4 fully saturated rings. The molecule has 1 N–H and O–H groups in total. The van der Waals surface area contributed by atoms with E-state index in [1.807, 2.05) is 69.2 Å². The molecule has 246 valence electrons. The van der Waals surface area contributed by atoms with E-state index in [2.05, 4.69) is 58.6 Å². The van der Waals surface area contributed by atoms with Crippen LogP contribution in [0.25, 0.3) is 0 Å². The Kier molecular flexibility index (Phi) is 19.2. The molecular weight excluding hydrogens is 508 g/mol. The van der Waals surface area contributed by atoms with Gasteiger partial charge in [-0.25, -0.2) is 4.98 Å². The summed E-state index contributed by atoms with van der Waals surface area (Å²) in [6, 6.07) is 4.27. The molecule has 0 saturated heterocycles. The molecule has 7 unspecified atom stereocenters. The fourth-order valence-corrected chi connectivity index (χ4v) is 9.07. The Morgan fingerprint density at radius 1 is 0.786 bits per heavy atom. The number of nitrogens with zero attached hydrogens (tertiary/aromatic N) is 1. The predicted octanol–water partition coefficient (Wildman–Crippen LogP) is 13.4. The minimum atomic E-state index is 0.419. The third-order valence-electron chi connectivity index (χ3n) is 11.1. The molecule has 2 nitrogen and oxygen atoms in total. The molecule has 2 heteroatoms. The van der Waals surface area contributed by atoms with E-state index in [0.29, 0.717) is 16.7 Å². The number of hydrogen-bond acceptors (Lipinski definition) is 2. The van der Waals surface area contributed by atoms with Gasteiger partial charge >= 0.3 is 0 Å². The first-order valence-corrected chi connectivity index (χ1v) is 18.6. The van der Waals surface area contributed by atoms with E-state index in [4.69, 9.17) is 4.98 Å². The monoisotopic (exact) mass is 585 g/mol. The van der Waals surface area contributed by atoms with E-state index in [0.717, 1.165) is 41.1 Å². The van der Waals surface area contributed by atoms with Gasteiger partial charge < -0.3 is 5.32 Å². The predicted molar refractivity (Wildman–Crippen MR) is 192 cm³/mol. The van der Waals surface area contributed by atoms with Crippen LogP contribution in [0, 0.1) is 60.2 Å². The lowest BCUT2D eigenvalue weighted by Gasteiger charge is -2.57. The van der Waals surface area contributed by atoms with Crippen LogP contribution in [0.3, 0.4) is 0 Å². The SMILES string of the molecule is C=C(Nc1nc(C)ccc1C)C1CCC2C3CCC4C[C@@](C)(CC)CCC4C3CCC12C.CC.CC.CC.CC.CC. The fraction of sp³-hybridized carbons (Fsp3) is 0.825. The summed E-state index contributed by atoms with van der Waals surface area (Å²) in [6.45, 7) is 36.4. The second-order valence-corrected chi connectivity index (χ2v) is 12.8. The van der Waals surface area contributed by atoms with Gasteiger partial charge in [-0.05, 0) is 124 Å². The zero-order chi connectivity index (χ0) is 32.7. The summed E-state index contributed by atoms with van der Waals surface area (Å²) in [5, 5.41) is 3.68. The molecule has 0 spiro atoms. The van der Waals surface area contributed by atoms with E-state index >= 15 is 0 Å². The van der Waals surface area contributed by atoms with Crippen LogP contribution in [-0.4, -0.2) is 4.98 Å². The van der Waals surface area contributed by atoms with Gasteiger partial charge in [-0.1, -0.05) is 109 Å². The smallest absolute Gasteiger partial charge is 0.133 e. The van der Waals surface area contributed by atoms with Crippen molar-refractivity contribution in [3.05, 3.63) is 35.7 Å². The van der Waals surface area contributed by atoms with Crippen LogP contribution in [0.5, 0.6) is 0 Å². The van der Waals surface area contributed by atoms with Crippen LogP contribution < -0.4 is 5.32 Å². The van der Waals surface area contributed by atoms with E-state index in [9.17, 15) is 0 Å². The highest BCUT2D eigenvalue weighted by molar-refractivity contribution is 5.49. The third-order valence-corrected chi connectivity index (χ3v) is 11.1. The first-order valence-electron chi connectivity index (χ1n) is 18.6. The summed E-state index contributed by atoms with van der Waals surface area (Å²) in [7, 11) is 0. The molecule has 8 atom stereocenters. The molecule has 1 heterocycles. The van der Waals surface area contributed by atoms with Crippen molar-refractivity contribution < 1.29 is 0 Å². The summed E-state index contributed by atoms with van der Waals surface area (Å²) in [4.78, 5) is 4.77. The van der Waals surface area contributed by atoms with Crippen LogP contribution in [0.2, 0.25) is 0 Å². The Morgan fingerprint density at radius 2 is 1.38 bits per heavy atom. The average molecular weight is 585 g/mol. The molecule has 4 aliphatic carbocycles. The quantitative estimate of drug-likeness (QED) is 0.381. The van der Waals surface area contributed by atoms with Crippen LogP contribution in [0.1, 0.15) is 165 Å². The second-order valence-electron chi connectivity index (χ2n) is 12.8. The van der Waals surface area contributed by atoms with Crippen molar-refractivity contribution in [1.29, 1.82) is 0 Å². The third kappa shape index (κ3) is 9.11. The van der Waals surface area contributed by atoms with Crippen LogP contribution >= 0.6 is 0 Å². The van der Waals surface area contributed by atoms with Gasteiger partial charge in [0.05, 0.1) is 0 Å². The van der Waals surface area contributed by atoms with Crippen LogP contribution in [0.4, 0.5) is 5.82 Å². The Labute approximate surface area is 265 Å². The van der Waals surface area contributed by atoms with Gasteiger partial charge in [-0.3, -0.25) is 0 Å². The molecule has 0 aliphatic heterocycles. The van der Waals surface area contributed by atoms with Gasteiger partial charge in [0.25, 0.3) is 0 Å². The number of nitrogens with one attached hydrogen (secondary N) is 1. The largest absolute Gasteiger partial charge is 0.344 e. The lowest BCUT2D eigenvalue weighted by atomic mass is 9.48. The summed E-state index contributed by atoms with van der Waals surface area (Å²) in [5.74, 6) is 6.52. The molecule has 4 saturated carbocycles. The van der Waals surface area contributed by atoms with Gasteiger partial charge in [0.15, 0.2) is 0 Å². The highest BCUT2D eigenvalue weighted by atomic mass is 15.0. The molecule has 5 rings (SSSR count). The standard InChI is InChI=1S/C30H46N2.5C2H6/c1-7-29(5)16-14-23-22(18-29)10-11-25-24(23)15-17-30(6)26(12-13-27(25)30)21(4)32-28-19(2)8-9-20(3)31-28;5*1-2/h8-9,22-27H,4,7,10-18H2,1-3,5-6H3,(H,31,32);5*1-2H3/t22?,23?,24?,25?,26?,27?,29-,30?;;;;;/m0...../s1. The van der Waals surface area contributed by atoms with Crippen molar-refractivity contribution in [2.45, 2.75) is 168 Å². The summed E-state index contributed by atoms with van der Waals surface area (Å²) >= 11 is 0. The molecular formula is C40H76N2. The minimum absolute atomic E-state index is 0.419. The Balaban J connectivity index is 0.00000153.